The Kier molecular flexibility index (Phi) is 41.7. The maximum absolute atomic E-state index is 12.9. The molecule has 0 radical (unpaired) electrons. The summed E-state index contributed by atoms with van der Waals surface area (Å²) in [5.74, 6) is -0.477. The molecule has 1 aliphatic rings. The quantitative estimate of drug-likeness (QED) is 0.0147. The van der Waals surface area contributed by atoms with E-state index >= 15 is 0 Å². The predicted molar refractivity (Wildman–Crippen MR) is 267 cm³/mol. The van der Waals surface area contributed by atoms with Gasteiger partial charge in [0.25, 0.3) is 0 Å². The van der Waals surface area contributed by atoms with Crippen molar-refractivity contribution in [2.45, 2.75) is 288 Å². The Morgan fingerprint density at radius 1 is 0.470 bits per heavy atom. The fourth-order valence-corrected chi connectivity index (χ4v) is 9.44. The van der Waals surface area contributed by atoms with E-state index in [1.807, 2.05) is 0 Å². The first-order valence-electron chi connectivity index (χ1n) is 27.2. The van der Waals surface area contributed by atoms with Crippen molar-refractivity contribution in [1.29, 1.82) is 0 Å². The average molecular weight is 961 g/mol. The minimum Gasteiger partial charge on any atom is -0.457 e. The number of carbonyl (C=O) groups excluding carboxylic acids is 1. The highest BCUT2D eigenvalue weighted by molar-refractivity contribution is 7.47. The second-order valence-electron chi connectivity index (χ2n) is 19.1. The minimum atomic E-state index is -5.02. The number of phosphoric acid groups is 1. The van der Waals surface area contributed by atoms with Crippen LogP contribution in [0.15, 0.2) is 24.3 Å². The Labute approximate surface area is 402 Å². The zero-order valence-corrected chi connectivity index (χ0v) is 42.9. The van der Waals surface area contributed by atoms with Gasteiger partial charge in [-0.15, -0.1) is 0 Å². The van der Waals surface area contributed by atoms with Crippen molar-refractivity contribution in [1.82, 2.24) is 0 Å². The van der Waals surface area contributed by atoms with Gasteiger partial charge in [-0.3, -0.25) is 13.8 Å². The van der Waals surface area contributed by atoms with Crippen LogP contribution in [-0.2, 0) is 27.9 Å². The zero-order chi connectivity index (χ0) is 48.4. The van der Waals surface area contributed by atoms with Crippen molar-refractivity contribution in [3.63, 3.8) is 0 Å². The maximum Gasteiger partial charge on any atom is 0.472 e. The molecule has 0 saturated heterocycles. The van der Waals surface area contributed by atoms with Crippen molar-refractivity contribution < 1.29 is 58.3 Å². The van der Waals surface area contributed by atoms with Gasteiger partial charge < -0.3 is 39.9 Å². The number of allylic oxidation sites excluding steroid dienone is 4. The third kappa shape index (κ3) is 35.0. The lowest BCUT2D eigenvalue weighted by atomic mass is 9.85. The number of hydrogen-bond acceptors (Lipinski definition) is 11. The third-order valence-corrected chi connectivity index (χ3v) is 13.8. The lowest BCUT2D eigenvalue weighted by molar-refractivity contribution is -0.220. The topological polar surface area (TPSA) is 192 Å². The first-order chi connectivity index (χ1) is 32.0. The number of aliphatic hydroxyl groups is 5. The van der Waals surface area contributed by atoms with Gasteiger partial charge in [-0.2, -0.15) is 0 Å². The van der Waals surface area contributed by atoms with Crippen LogP contribution in [0.3, 0.4) is 0 Å². The Hall–Kier alpha value is -1.18. The van der Waals surface area contributed by atoms with Crippen molar-refractivity contribution >= 4 is 13.8 Å². The van der Waals surface area contributed by atoms with E-state index in [-0.39, 0.29) is 13.0 Å². The van der Waals surface area contributed by atoms with E-state index in [1.54, 1.807) is 0 Å². The molecule has 1 rings (SSSR count). The highest BCUT2D eigenvalue weighted by atomic mass is 31.2. The van der Waals surface area contributed by atoms with E-state index in [2.05, 4.69) is 38.2 Å². The number of rotatable bonds is 47. The predicted octanol–water partition coefficient (Wildman–Crippen LogP) is 12.4. The van der Waals surface area contributed by atoms with E-state index in [0.717, 1.165) is 38.5 Å². The average Bonchev–Trinajstić information content (AvgIpc) is 3.30. The molecule has 6 atom stereocenters. The number of phosphoric ester groups is 1. The number of carbonyl (C=O) groups is 1. The molecular formula is C53H101O12P. The maximum atomic E-state index is 12.9. The monoisotopic (exact) mass is 961 g/mol. The van der Waals surface area contributed by atoms with Crippen molar-refractivity contribution in [2.75, 3.05) is 19.8 Å². The molecule has 6 N–H and O–H groups in total. The summed E-state index contributed by atoms with van der Waals surface area (Å²) in [5, 5.41) is 50.3. The zero-order valence-electron chi connectivity index (χ0n) is 42.0. The number of ether oxygens (including phenoxy) is 2. The van der Waals surface area contributed by atoms with Gasteiger partial charge in [-0.1, -0.05) is 199 Å². The molecule has 0 aromatic carbocycles. The summed E-state index contributed by atoms with van der Waals surface area (Å²) in [6.45, 7) is 4.29. The highest BCUT2D eigenvalue weighted by Gasteiger charge is 2.51. The first kappa shape index (κ1) is 62.8. The molecule has 390 valence electrons. The van der Waals surface area contributed by atoms with Crippen LogP contribution >= 0.6 is 7.82 Å². The SMILES string of the molecule is CCCCCCCC/C=C\CCCCCCCCCCOCC(COP(=O)(O)OC1C(O)C(O)C(O)C(O)C1O)OC(=O)CCCCCCCCCCC/C=C\CCCCCCCCCC. The Bertz CT molecular complexity index is 1190. The normalized spacial score (nSPS) is 21.5. The van der Waals surface area contributed by atoms with Crippen LogP contribution in [0, 0.1) is 0 Å². The van der Waals surface area contributed by atoms with Crippen LogP contribution in [0.1, 0.15) is 245 Å². The van der Waals surface area contributed by atoms with E-state index in [4.69, 9.17) is 18.5 Å². The second-order valence-corrected chi connectivity index (χ2v) is 20.5. The molecular weight excluding hydrogens is 860 g/mol. The van der Waals surface area contributed by atoms with E-state index in [1.165, 1.54) is 180 Å². The number of aliphatic hydroxyl groups excluding tert-OH is 5. The Morgan fingerprint density at radius 3 is 1.20 bits per heavy atom. The molecule has 0 aliphatic heterocycles. The lowest BCUT2D eigenvalue weighted by Gasteiger charge is -2.41. The van der Waals surface area contributed by atoms with Gasteiger partial charge in [0, 0.05) is 13.0 Å². The summed E-state index contributed by atoms with van der Waals surface area (Å²) in [6.07, 6.45) is 39.6. The molecule has 0 aromatic rings. The van der Waals surface area contributed by atoms with Crippen LogP contribution < -0.4 is 0 Å². The van der Waals surface area contributed by atoms with Gasteiger partial charge in [-0.05, 0) is 64.2 Å². The van der Waals surface area contributed by atoms with E-state index in [9.17, 15) is 39.8 Å². The molecule has 6 unspecified atom stereocenters. The molecule has 13 heteroatoms. The van der Waals surface area contributed by atoms with Gasteiger partial charge in [0.1, 0.15) is 42.7 Å². The van der Waals surface area contributed by atoms with Crippen LogP contribution in [0.2, 0.25) is 0 Å². The lowest BCUT2D eigenvalue weighted by Crippen LogP contribution is -2.64. The Morgan fingerprint density at radius 2 is 0.803 bits per heavy atom. The summed E-state index contributed by atoms with van der Waals surface area (Å²) >= 11 is 0. The van der Waals surface area contributed by atoms with Gasteiger partial charge in [0.2, 0.25) is 0 Å². The largest absolute Gasteiger partial charge is 0.472 e. The molecule has 0 bridgehead atoms. The van der Waals surface area contributed by atoms with Gasteiger partial charge in [0.05, 0.1) is 13.2 Å². The molecule has 1 saturated carbocycles. The molecule has 12 nitrogen and oxygen atoms in total. The fourth-order valence-electron chi connectivity index (χ4n) is 8.46. The fraction of sp³-hybridized carbons (Fsp3) is 0.906. The van der Waals surface area contributed by atoms with Crippen LogP contribution in [-0.4, -0.2) is 98.9 Å². The molecule has 0 heterocycles. The summed E-state index contributed by atoms with van der Waals surface area (Å²) in [6, 6.07) is 0. The van der Waals surface area contributed by atoms with Gasteiger partial charge in [-0.25, -0.2) is 4.57 Å². The van der Waals surface area contributed by atoms with Crippen LogP contribution in [0.5, 0.6) is 0 Å². The van der Waals surface area contributed by atoms with E-state index < -0.39 is 63.1 Å². The molecule has 0 amide bonds. The van der Waals surface area contributed by atoms with Gasteiger partial charge in [0.15, 0.2) is 0 Å². The standard InChI is InChI=1S/C53H101O12P/c1-3-5-7-9-11-13-15-17-19-21-23-24-25-26-28-30-32-34-36-38-40-42-47(54)64-46(45-63-66(60,61)65-53-51(58)49(56)48(55)50(57)52(53)59)44-62-43-41-39-37-35-33-31-29-27-22-20-18-16-14-12-10-8-6-4-2/h18,20-21,23,46,48-53,55-59H,3-17,19,22,24-45H2,1-2H3,(H,60,61)/b20-18-,23-21-. The highest BCUT2D eigenvalue weighted by Crippen LogP contribution is 2.47. The number of hydrogen-bond donors (Lipinski definition) is 6. The summed E-state index contributed by atoms with van der Waals surface area (Å²) in [7, 11) is -5.02. The Balaban J connectivity index is 2.31. The summed E-state index contributed by atoms with van der Waals surface area (Å²) in [4.78, 5) is 23.3. The summed E-state index contributed by atoms with van der Waals surface area (Å²) < 4.78 is 34.3. The van der Waals surface area contributed by atoms with Crippen molar-refractivity contribution in [3.8, 4) is 0 Å². The third-order valence-electron chi connectivity index (χ3n) is 12.8. The summed E-state index contributed by atoms with van der Waals surface area (Å²) in [5.41, 5.74) is 0. The minimum absolute atomic E-state index is 0.0763. The van der Waals surface area contributed by atoms with Crippen LogP contribution in [0.25, 0.3) is 0 Å². The second kappa shape index (κ2) is 43.8. The number of esters is 1. The molecule has 1 aliphatic carbocycles. The van der Waals surface area contributed by atoms with Crippen LogP contribution in [0.4, 0.5) is 0 Å². The van der Waals surface area contributed by atoms with Crippen molar-refractivity contribution in [2.24, 2.45) is 0 Å². The van der Waals surface area contributed by atoms with Crippen molar-refractivity contribution in [3.05, 3.63) is 24.3 Å². The molecule has 1 fully saturated rings. The first-order valence-corrected chi connectivity index (χ1v) is 28.7. The molecule has 0 spiro atoms. The molecule has 66 heavy (non-hydrogen) atoms. The van der Waals surface area contributed by atoms with E-state index in [0.29, 0.717) is 13.0 Å². The number of unbranched alkanes of at least 4 members (excludes halogenated alkanes) is 31. The van der Waals surface area contributed by atoms with Gasteiger partial charge >= 0.3 is 13.8 Å². The molecule has 0 aromatic heterocycles. The smallest absolute Gasteiger partial charge is 0.457 e.